The van der Waals surface area contributed by atoms with Crippen molar-refractivity contribution in [3.63, 3.8) is 0 Å². The highest BCUT2D eigenvalue weighted by molar-refractivity contribution is 5.96. The molecule has 0 aliphatic carbocycles. The number of rotatable bonds is 2. The summed E-state index contributed by atoms with van der Waals surface area (Å²) in [5.41, 5.74) is 4.32. The number of likely N-dealkylation sites (tertiary alicyclic amines) is 1. The fourth-order valence-electron chi connectivity index (χ4n) is 4.87. The van der Waals surface area contributed by atoms with Gasteiger partial charge in [-0.15, -0.1) is 0 Å². The number of hydrogen-bond acceptors (Lipinski definition) is 3. The molecule has 5 heteroatoms. The molecule has 1 unspecified atom stereocenters. The first kappa shape index (κ1) is 17.3. The van der Waals surface area contributed by atoms with Crippen LogP contribution in [-0.4, -0.2) is 42.9 Å². The van der Waals surface area contributed by atoms with E-state index in [1.807, 2.05) is 17.0 Å². The molecule has 2 aromatic rings. The molecule has 0 saturated carbocycles. The molecular formula is C23H25N3O2. The molecular weight excluding hydrogens is 350 g/mol. The molecule has 3 aliphatic rings. The minimum absolute atomic E-state index is 0.0344. The van der Waals surface area contributed by atoms with Gasteiger partial charge in [0.05, 0.1) is 5.41 Å². The Hall–Kier alpha value is -2.82. The molecule has 2 fully saturated rings. The number of anilines is 1. The van der Waals surface area contributed by atoms with E-state index < -0.39 is 0 Å². The first-order chi connectivity index (χ1) is 13.6. The van der Waals surface area contributed by atoms with Gasteiger partial charge in [0.15, 0.2) is 0 Å². The number of benzene rings is 2. The van der Waals surface area contributed by atoms with Crippen molar-refractivity contribution in [1.29, 1.82) is 0 Å². The molecule has 1 N–H and O–H groups in total. The summed E-state index contributed by atoms with van der Waals surface area (Å²) in [5, 5.41) is 2.92. The van der Waals surface area contributed by atoms with Crippen LogP contribution in [0.5, 0.6) is 0 Å². The maximum atomic E-state index is 12.9. The van der Waals surface area contributed by atoms with Crippen LogP contribution >= 0.6 is 0 Å². The van der Waals surface area contributed by atoms with Crippen LogP contribution in [-0.2, 0) is 17.8 Å². The molecule has 2 amide bonds. The molecule has 144 valence electrons. The minimum Gasteiger partial charge on any atom is -0.367 e. The van der Waals surface area contributed by atoms with Gasteiger partial charge in [-0.05, 0) is 54.7 Å². The maximum Gasteiger partial charge on any atom is 0.253 e. The molecule has 5 rings (SSSR count). The van der Waals surface area contributed by atoms with Gasteiger partial charge < -0.3 is 15.1 Å². The Morgan fingerprint density at radius 2 is 1.75 bits per heavy atom. The smallest absolute Gasteiger partial charge is 0.253 e. The summed E-state index contributed by atoms with van der Waals surface area (Å²) >= 11 is 0. The van der Waals surface area contributed by atoms with Gasteiger partial charge in [0.25, 0.3) is 5.91 Å². The van der Waals surface area contributed by atoms with Crippen LogP contribution in [0.4, 0.5) is 5.69 Å². The number of nitrogens with zero attached hydrogens (tertiary/aromatic N) is 2. The van der Waals surface area contributed by atoms with Crippen molar-refractivity contribution < 1.29 is 9.59 Å². The fraction of sp³-hybridized carbons (Fsp3) is 0.391. The summed E-state index contributed by atoms with van der Waals surface area (Å²) in [5.74, 6) is 0.149. The van der Waals surface area contributed by atoms with E-state index >= 15 is 0 Å². The number of carbonyl (C=O) groups is 2. The topological polar surface area (TPSA) is 52.7 Å². The third-order valence-electron chi connectivity index (χ3n) is 6.62. The fourth-order valence-corrected chi connectivity index (χ4v) is 4.87. The predicted molar refractivity (Wildman–Crippen MR) is 108 cm³/mol. The van der Waals surface area contributed by atoms with Crippen molar-refractivity contribution in [2.45, 2.75) is 25.8 Å². The third-order valence-corrected chi connectivity index (χ3v) is 6.62. The van der Waals surface area contributed by atoms with E-state index in [2.05, 4.69) is 46.6 Å². The van der Waals surface area contributed by atoms with E-state index in [-0.39, 0.29) is 17.2 Å². The van der Waals surface area contributed by atoms with Gasteiger partial charge in [-0.1, -0.05) is 24.3 Å². The Balaban J connectivity index is 1.28. The highest BCUT2D eigenvalue weighted by Gasteiger charge is 2.48. The Morgan fingerprint density at radius 1 is 0.964 bits per heavy atom. The Labute approximate surface area is 165 Å². The largest absolute Gasteiger partial charge is 0.367 e. The van der Waals surface area contributed by atoms with Gasteiger partial charge in [-0.3, -0.25) is 9.59 Å². The molecule has 3 aliphatic heterocycles. The lowest BCUT2D eigenvalue weighted by Crippen LogP contribution is -2.36. The lowest BCUT2D eigenvalue weighted by atomic mass is 9.86. The molecule has 5 nitrogen and oxygen atoms in total. The molecule has 2 saturated heterocycles. The standard InChI is InChI=1S/C23H25N3O2/c27-21(26-14-11-23(16-26)10-12-24-22(23)28)18-5-7-20(8-6-18)25-13-9-17-3-1-2-4-19(17)15-25/h1-8H,9-16H2,(H,24,28). The lowest BCUT2D eigenvalue weighted by molar-refractivity contribution is -0.126. The number of hydrogen-bond donors (Lipinski definition) is 1. The van der Waals surface area contributed by atoms with Crippen LogP contribution < -0.4 is 10.2 Å². The lowest BCUT2D eigenvalue weighted by Gasteiger charge is -2.31. The molecule has 3 heterocycles. The first-order valence-corrected chi connectivity index (χ1v) is 10.1. The Bertz CT molecular complexity index is 924. The van der Waals surface area contributed by atoms with Crippen molar-refractivity contribution in [2.24, 2.45) is 5.41 Å². The normalized spacial score (nSPS) is 23.8. The highest BCUT2D eigenvalue weighted by atomic mass is 16.2. The second kappa shape index (κ2) is 6.66. The molecule has 2 aromatic carbocycles. The number of carbonyl (C=O) groups excluding carboxylic acids is 2. The SMILES string of the molecule is O=C(c1ccc(N2CCc3ccccc3C2)cc1)N1CCC2(CCNC2=O)C1. The predicted octanol–water partition coefficient (Wildman–Crippen LogP) is 2.60. The highest BCUT2D eigenvalue weighted by Crippen LogP contribution is 2.37. The summed E-state index contributed by atoms with van der Waals surface area (Å²) in [7, 11) is 0. The number of amides is 2. The average molecular weight is 375 g/mol. The third kappa shape index (κ3) is 2.86. The van der Waals surface area contributed by atoms with Crippen molar-refractivity contribution >= 4 is 17.5 Å². The van der Waals surface area contributed by atoms with E-state index in [4.69, 9.17) is 0 Å². The Morgan fingerprint density at radius 3 is 2.50 bits per heavy atom. The van der Waals surface area contributed by atoms with Crippen molar-refractivity contribution in [2.75, 3.05) is 31.1 Å². The average Bonchev–Trinajstić information content (AvgIpc) is 3.34. The van der Waals surface area contributed by atoms with Crippen LogP contribution in [0.15, 0.2) is 48.5 Å². The molecule has 0 aromatic heterocycles. The zero-order valence-electron chi connectivity index (χ0n) is 16.0. The van der Waals surface area contributed by atoms with Crippen LogP contribution in [0.25, 0.3) is 0 Å². The van der Waals surface area contributed by atoms with Gasteiger partial charge in [-0.25, -0.2) is 0 Å². The summed E-state index contributed by atoms with van der Waals surface area (Å²) < 4.78 is 0. The Kier molecular flexibility index (Phi) is 4.11. The minimum atomic E-state index is -0.350. The van der Waals surface area contributed by atoms with E-state index in [0.29, 0.717) is 18.7 Å². The van der Waals surface area contributed by atoms with Crippen molar-refractivity contribution in [3.05, 3.63) is 65.2 Å². The van der Waals surface area contributed by atoms with E-state index in [1.165, 1.54) is 11.1 Å². The number of nitrogens with one attached hydrogen (secondary N) is 1. The summed E-state index contributed by atoms with van der Waals surface area (Å²) in [6.07, 6.45) is 2.66. The van der Waals surface area contributed by atoms with Gasteiger partial charge in [0, 0.05) is 44.0 Å². The van der Waals surface area contributed by atoms with Crippen LogP contribution in [0.3, 0.4) is 0 Å². The second-order valence-corrected chi connectivity index (χ2v) is 8.25. The van der Waals surface area contributed by atoms with Crippen LogP contribution in [0.1, 0.15) is 34.3 Å². The summed E-state index contributed by atoms with van der Waals surface area (Å²) in [4.78, 5) is 29.3. The zero-order valence-corrected chi connectivity index (χ0v) is 16.0. The van der Waals surface area contributed by atoms with Crippen molar-refractivity contribution in [3.8, 4) is 0 Å². The summed E-state index contributed by atoms with van der Waals surface area (Å²) in [6.45, 7) is 3.84. The van der Waals surface area contributed by atoms with Gasteiger partial charge in [0.2, 0.25) is 5.91 Å². The quantitative estimate of drug-likeness (QED) is 0.878. The van der Waals surface area contributed by atoms with Gasteiger partial charge in [0.1, 0.15) is 0 Å². The number of fused-ring (bicyclic) bond motifs is 1. The van der Waals surface area contributed by atoms with Crippen LogP contribution in [0.2, 0.25) is 0 Å². The van der Waals surface area contributed by atoms with E-state index in [1.54, 1.807) is 0 Å². The molecule has 0 bridgehead atoms. The van der Waals surface area contributed by atoms with Crippen molar-refractivity contribution in [1.82, 2.24) is 10.2 Å². The van der Waals surface area contributed by atoms with Gasteiger partial charge in [-0.2, -0.15) is 0 Å². The zero-order chi connectivity index (χ0) is 19.1. The molecule has 1 atom stereocenters. The van der Waals surface area contributed by atoms with Gasteiger partial charge >= 0.3 is 0 Å². The monoisotopic (exact) mass is 375 g/mol. The maximum absolute atomic E-state index is 12.9. The molecule has 1 spiro atoms. The first-order valence-electron chi connectivity index (χ1n) is 10.1. The summed E-state index contributed by atoms with van der Waals surface area (Å²) in [6, 6.07) is 16.6. The second-order valence-electron chi connectivity index (χ2n) is 8.25. The van der Waals surface area contributed by atoms with E-state index in [9.17, 15) is 9.59 Å². The van der Waals surface area contributed by atoms with E-state index in [0.717, 1.165) is 44.6 Å². The van der Waals surface area contributed by atoms with Crippen LogP contribution in [0, 0.1) is 5.41 Å². The molecule has 28 heavy (non-hydrogen) atoms. The molecule has 0 radical (unpaired) electrons.